The summed E-state index contributed by atoms with van der Waals surface area (Å²) in [5.41, 5.74) is 4.31. The van der Waals surface area contributed by atoms with Gasteiger partial charge in [0.15, 0.2) is 0 Å². The third kappa shape index (κ3) is 2.10. The highest BCUT2D eigenvalue weighted by Crippen LogP contribution is 2.27. The van der Waals surface area contributed by atoms with E-state index in [0.717, 1.165) is 22.2 Å². The van der Waals surface area contributed by atoms with E-state index in [1.807, 2.05) is 18.2 Å². The normalized spacial score (nSPS) is 11.3. The van der Waals surface area contributed by atoms with Gasteiger partial charge in [-0.25, -0.2) is 0 Å². The van der Waals surface area contributed by atoms with Crippen molar-refractivity contribution in [3.05, 3.63) is 72.3 Å². The van der Waals surface area contributed by atoms with Crippen LogP contribution >= 0.6 is 0 Å². The summed E-state index contributed by atoms with van der Waals surface area (Å²) in [5.74, 6) is 0. The molecule has 0 fully saturated rings. The number of hydrogen-bond acceptors (Lipinski definition) is 1. The minimum atomic E-state index is 0.0758. The quantitative estimate of drug-likeness (QED) is 0.555. The van der Waals surface area contributed by atoms with Crippen LogP contribution in [0.5, 0.6) is 0 Å². The molecule has 0 amide bonds. The SMILES string of the molecule is OCc1ccc2[nH]c(-c3ccc4ccccc4c3)cc2c1. The van der Waals surface area contributed by atoms with Crippen LogP contribution in [0.4, 0.5) is 0 Å². The minimum absolute atomic E-state index is 0.0758. The molecule has 1 heterocycles. The van der Waals surface area contributed by atoms with Crippen molar-refractivity contribution in [2.24, 2.45) is 0 Å². The number of aliphatic hydroxyl groups is 1. The Morgan fingerprint density at radius 3 is 2.48 bits per heavy atom. The van der Waals surface area contributed by atoms with Crippen molar-refractivity contribution in [1.29, 1.82) is 0 Å². The van der Waals surface area contributed by atoms with E-state index in [2.05, 4.69) is 53.5 Å². The first-order chi connectivity index (χ1) is 10.3. The highest BCUT2D eigenvalue weighted by atomic mass is 16.3. The van der Waals surface area contributed by atoms with Gasteiger partial charge in [0.25, 0.3) is 0 Å². The summed E-state index contributed by atoms with van der Waals surface area (Å²) in [6.45, 7) is 0.0758. The first-order valence-corrected chi connectivity index (χ1v) is 7.05. The van der Waals surface area contributed by atoms with Crippen molar-refractivity contribution in [1.82, 2.24) is 4.98 Å². The van der Waals surface area contributed by atoms with Crippen molar-refractivity contribution >= 4 is 21.7 Å². The number of H-pyrrole nitrogens is 1. The van der Waals surface area contributed by atoms with Gasteiger partial charge in [0.2, 0.25) is 0 Å². The number of aliphatic hydroxyl groups excluding tert-OH is 1. The van der Waals surface area contributed by atoms with Crippen molar-refractivity contribution in [2.45, 2.75) is 6.61 Å². The maximum absolute atomic E-state index is 9.23. The van der Waals surface area contributed by atoms with Crippen LogP contribution in [0.3, 0.4) is 0 Å². The van der Waals surface area contributed by atoms with Crippen molar-refractivity contribution in [2.75, 3.05) is 0 Å². The van der Waals surface area contributed by atoms with Crippen LogP contribution in [0, 0.1) is 0 Å². The lowest BCUT2D eigenvalue weighted by atomic mass is 10.1. The second-order valence-corrected chi connectivity index (χ2v) is 5.32. The van der Waals surface area contributed by atoms with Crippen molar-refractivity contribution in [3.8, 4) is 11.3 Å². The van der Waals surface area contributed by atoms with Gasteiger partial charge in [0, 0.05) is 16.6 Å². The Labute approximate surface area is 122 Å². The highest BCUT2D eigenvalue weighted by molar-refractivity contribution is 5.90. The summed E-state index contributed by atoms with van der Waals surface area (Å²) in [5, 5.41) is 12.8. The molecule has 0 aliphatic carbocycles. The summed E-state index contributed by atoms with van der Waals surface area (Å²) in [6, 6.07) is 23.0. The molecule has 3 aromatic carbocycles. The molecule has 2 N–H and O–H groups in total. The molecule has 0 unspecified atom stereocenters. The Morgan fingerprint density at radius 2 is 1.62 bits per heavy atom. The maximum atomic E-state index is 9.23. The van der Waals surface area contributed by atoms with E-state index in [-0.39, 0.29) is 6.61 Å². The Hall–Kier alpha value is -2.58. The summed E-state index contributed by atoms with van der Waals surface area (Å²) < 4.78 is 0. The fourth-order valence-electron chi connectivity index (χ4n) is 2.79. The van der Waals surface area contributed by atoms with Gasteiger partial charge in [0.05, 0.1) is 6.61 Å². The largest absolute Gasteiger partial charge is 0.392 e. The van der Waals surface area contributed by atoms with E-state index in [0.29, 0.717) is 0 Å². The Kier molecular flexibility index (Phi) is 2.76. The van der Waals surface area contributed by atoms with Crippen molar-refractivity contribution in [3.63, 3.8) is 0 Å². The third-order valence-electron chi connectivity index (χ3n) is 3.93. The smallest absolute Gasteiger partial charge is 0.0682 e. The van der Waals surface area contributed by atoms with Crippen LogP contribution in [0.15, 0.2) is 66.7 Å². The molecule has 0 aliphatic rings. The van der Waals surface area contributed by atoms with E-state index >= 15 is 0 Å². The third-order valence-corrected chi connectivity index (χ3v) is 3.93. The topological polar surface area (TPSA) is 36.0 Å². The monoisotopic (exact) mass is 273 g/mol. The average molecular weight is 273 g/mol. The van der Waals surface area contributed by atoms with Gasteiger partial charge in [-0.2, -0.15) is 0 Å². The summed E-state index contributed by atoms with van der Waals surface area (Å²) >= 11 is 0. The van der Waals surface area contributed by atoms with Gasteiger partial charge in [-0.1, -0.05) is 42.5 Å². The molecule has 2 heteroatoms. The van der Waals surface area contributed by atoms with E-state index in [1.54, 1.807) is 0 Å². The van der Waals surface area contributed by atoms with Gasteiger partial charge in [0.1, 0.15) is 0 Å². The maximum Gasteiger partial charge on any atom is 0.0682 e. The number of nitrogens with one attached hydrogen (secondary N) is 1. The minimum Gasteiger partial charge on any atom is -0.392 e. The molecule has 4 rings (SSSR count). The highest BCUT2D eigenvalue weighted by Gasteiger charge is 2.05. The average Bonchev–Trinajstić information content (AvgIpc) is 2.97. The zero-order valence-electron chi connectivity index (χ0n) is 11.5. The number of rotatable bonds is 2. The molecule has 0 saturated carbocycles. The molecule has 21 heavy (non-hydrogen) atoms. The molecule has 0 spiro atoms. The van der Waals surface area contributed by atoms with E-state index < -0.39 is 0 Å². The molecule has 102 valence electrons. The van der Waals surface area contributed by atoms with Crippen LogP contribution in [0.2, 0.25) is 0 Å². The Morgan fingerprint density at radius 1 is 0.762 bits per heavy atom. The number of aromatic amines is 1. The van der Waals surface area contributed by atoms with Crippen LogP contribution in [-0.2, 0) is 6.61 Å². The number of aromatic nitrogens is 1. The van der Waals surface area contributed by atoms with E-state index in [1.165, 1.54) is 16.3 Å². The van der Waals surface area contributed by atoms with E-state index in [9.17, 15) is 5.11 Å². The predicted octanol–water partition coefficient (Wildman–Crippen LogP) is 4.48. The zero-order valence-corrected chi connectivity index (χ0v) is 11.5. The Bertz CT molecular complexity index is 937. The van der Waals surface area contributed by atoms with Crippen LogP contribution < -0.4 is 0 Å². The lowest BCUT2D eigenvalue weighted by molar-refractivity contribution is 0.282. The zero-order chi connectivity index (χ0) is 14.2. The lowest BCUT2D eigenvalue weighted by Crippen LogP contribution is -1.80. The predicted molar refractivity (Wildman–Crippen MR) is 87.2 cm³/mol. The molecule has 2 nitrogen and oxygen atoms in total. The second-order valence-electron chi connectivity index (χ2n) is 5.32. The molecule has 0 radical (unpaired) electrons. The molecule has 1 aromatic heterocycles. The lowest BCUT2D eigenvalue weighted by Gasteiger charge is -2.01. The van der Waals surface area contributed by atoms with Gasteiger partial charge < -0.3 is 10.1 Å². The van der Waals surface area contributed by atoms with Crippen LogP contribution in [-0.4, -0.2) is 10.1 Å². The first-order valence-electron chi connectivity index (χ1n) is 7.05. The molecular weight excluding hydrogens is 258 g/mol. The summed E-state index contributed by atoms with van der Waals surface area (Å²) in [7, 11) is 0. The van der Waals surface area contributed by atoms with Crippen LogP contribution in [0.1, 0.15) is 5.56 Å². The number of hydrogen-bond donors (Lipinski definition) is 2. The van der Waals surface area contributed by atoms with Gasteiger partial charge in [-0.05, 0) is 46.2 Å². The van der Waals surface area contributed by atoms with Crippen molar-refractivity contribution < 1.29 is 5.11 Å². The van der Waals surface area contributed by atoms with Gasteiger partial charge >= 0.3 is 0 Å². The fourth-order valence-corrected chi connectivity index (χ4v) is 2.79. The molecule has 0 aliphatic heterocycles. The number of fused-ring (bicyclic) bond motifs is 2. The molecule has 4 aromatic rings. The molecule has 0 saturated heterocycles. The Balaban J connectivity index is 1.87. The van der Waals surface area contributed by atoms with E-state index in [4.69, 9.17) is 0 Å². The fraction of sp³-hybridized carbons (Fsp3) is 0.0526. The molecule has 0 atom stereocenters. The summed E-state index contributed by atoms with van der Waals surface area (Å²) in [6.07, 6.45) is 0. The van der Waals surface area contributed by atoms with Crippen LogP contribution in [0.25, 0.3) is 32.9 Å². The second kappa shape index (κ2) is 4.76. The first kappa shape index (κ1) is 12.2. The van der Waals surface area contributed by atoms with Gasteiger partial charge in [-0.3, -0.25) is 0 Å². The summed E-state index contributed by atoms with van der Waals surface area (Å²) in [4.78, 5) is 3.45. The molecular formula is C19H15NO. The number of benzene rings is 3. The standard InChI is InChI=1S/C19H15NO/c21-12-13-5-8-18-17(9-13)11-19(20-18)16-7-6-14-3-1-2-4-15(14)10-16/h1-11,20-21H,12H2. The van der Waals surface area contributed by atoms with Gasteiger partial charge in [-0.15, -0.1) is 0 Å². The molecule has 0 bridgehead atoms.